The summed E-state index contributed by atoms with van der Waals surface area (Å²) in [5, 5.41) is 7.23. The zero-order valence-corrected chi connectivity index (χ0v) is 15.5. The van der Waals surface area contributed by atoms with Gasteiger partial charge in [-0.25, -0.2) is 0 Å². The molecule has 1 saturated carbocycles. The van der Waals surface area contributed by atoms with Crippen molar-refractivity contribution in [1.82, 2.24) is 15.4 Å². The first-order chi connectivity index (χ1) is 12.6. The van der Waals surface area contributed by atoms with Gasteiger partial charge in [0.05, 0.1) is 6.54 Å². The average molecular weight is 376 g/mol. The molecule has 1 fully saturated rings. The summed E-state index contributed by atoms with van der Waals surface area (Å²) in [4.78, 5) is 26.3. The first-order valence-corrected chi connectivity index (χ1v) is 9.21. The Kier molecular flexibility index (Phi) is 5.93. The van der Waals surface area contributed by atoms with Gasteiger partial charge in [-0.3, -0.25) is 9.59 Å². The monoisotopic (exact) mass is 375 g/mol. The van der Waals surface area contributed by atoms with Gasteiger partial charge in [0.15, 0.2) is 11.5 Å². The first kappa shape index (κ1) is 18.5. The van der Waals surface area contributed by atoms with E-state index in [1.54, 1.807) is 23.1 Å². The summed E-state index contributed by atoms with van der Waals surface area (Å²) in [5.41, 5.74) is 1.11. The van der Waals surface area contributed by atoms with Crippen LogP contribution in [0.3, 0.4) is 0 Å². The minimum Gasteiger partial charge on any atom is -0.359 e. The average Bonchev–Trinajstić information content (AvgIpc) is 3.38. The van der Waals surface area contributed by atoms with E-state index in [0.29, 0.717) is 30.4 Å². The first-order valence-electron chi connectivity index (χ1n) is 8.84. The van der Waals surface area contributed by atoms with Crippen molar-refractivity contribution in [2.24, 2.45) is 5.92 Å². The Labute approximate surface area is 157 Å². The van der Waals surface area contributed by atoms with E-state index in [1.807, 2.05) is 19.1 Å². The second-order valence-electron chi connectivity index (χ2n) is 6.53. The molecule has 6 nitrogen and oxygen atoms in total. The van der Waals surface area contributed by atoms with Crippen molar-refractivity contribution in [3.63, 3.8) is 0 Å². The number of hydrogen-bond donors (Lipinski definition) is 1. The Morgan fingerprint density at radius 3 is 2.85 bits per heavy atom. The number of aromatic nitrogens is 1. The van der Waals surface area contributed by atoms with Crippen LogP contribution in [0.25, 0.3) is 0 Å². The summed E-state index contributed by atoms with van der Waals surface area (Å²) >= 11 is 5.93. The smallest absolute Gasteiger partial charge is 0.273 e. The highest BCUT2D eigenvalue weighted by molar-refractivity contribution is 6.30. The molecule has 1 aromatic heterocycles. The van der Waals surface area contributed by atoms with Gasteiger partial charge in [-0.2, -0.15) is 0 Å². The molecular formula is C19H22ClN3O3. The number of nitrogens with zero attached hydrogens (tertiary/aromatic N) is 2. The van der Waals surface area contributed by atoms with Gasteiger partial charge in [0.1, 0.15) is 0 Å². The van der Waals surface area contributed by atoms with E-state index in [0.717, 1.165) is 24.8 Å². The van der Waals surface area contributed by atoms with Crippen molar-refractivity contribution in [2.75, 3.05) is 6.54 Å². The summed E-state index contributed by atoms with van der Waals surface area (Å²) in [6.45, 7) is 3.40. The molecule has 0 radical (unpaired) electrons. The standard InChI is InChI=1S/C19H22ClN3O3/c1-2-8-23(19(25)14-6-7-14)12-16-10-17(22-26-16)18(24)21-11-13-4-3-5-15(20)9-13/h3-5,9-10,14H,2,6-8,11-12H2,1H3,(H,21,24). The van der Waals surface area contributed by atoms with Gasteiger partial charge in [0, 0.05) is 30.1 Å². The van der Waals surface area contributed by atoms with E-state index in [2.05, 4.69) is 10.5 Å². The molecule has 0 saturated heterocycles. The molecule has 3 rings (SSSR count). The van der Waals surface area contributed by atoms with Crippen LogP contribution < -0.4 is 5.32 Å². The van der Waals surface area contributed by atoms with Gasteiger partial charge in [0.2, 0.25) is 5.91 Å². The van der Waals surface area contributed by atoms with Crippen molar-refractivity contribution in [2.45, 2.75) is 39.3 Å². The summed E-state index contributed by atoms with van der Waals surface area (Å²) in [6, 6.07) is 8.88. The highest BCUT2D eigenvalue weighted by Crippen LogP contribution is 2.31. The molecule has 1 aliphatic rings. The van der Waals surface area contributed by atoms with Crippen LogP contribution in [0.1, 0.15) is 48.0 Å². The van der Waals surface area contributed by atoms with E-state index >= 15 is 0 Å². The Morgan fingerprint density at radius 2 is 2.15 bits per heavy atom. The van der Waals surface area contributed by atoms with Crippen molar-refractivity contribution in [3.8, 4) is 0 Å². The topological polar surface area (TPSA) is 75.4 Å². The number of amides is 2. The Bertz CT molecular complexity index is 786. The molecule has 7 heteroatoms. The molecule has 138 valence electrons. The van der Waals surface area contributed by atoms with E-state index in [4.69, 9.17) is 16.1 Å². The lowest BCUT2D eigenvalue weighted by atomic mass is 10.2. The number of carbonyl (C=O) groups is 2. The zero-order valence-electron chi connectivity index (χ0n) is 14.7. The summed E-state index contributed by atoms with van der Waals surface area (Å²) in [6.07, 6.45) is 2.80. The fourth-order valence-corrected chi connectivity index (χ4v) is 2.94. The number of carbonyl (C=O) groups excluding carboxylic acids is 2. The Balaban J connectivity index is 1.57. The molecule has 1 heterocycles. The fourth-order valence-electron chi connectivity index (χ4n) is 2.73. The fraction of sp³-hybridized carbons (Fsp3) is 0.421. The van der Waals surface area contributed by atoms with Crippen LogP contribution in [-0.2, 0) is 17.9 Å². The maximum Gasteiger partial charge on any atom is 0.273 e. The van der Waals surface area contributed by atoms with Crippen molar-refractivity contribution in [1.29, 1.82) is 0 Å². The summed E-state index contributed by atoms with van der Waals surface area (Å²) in [5.74, 6) is 0.510. The van der Waals surface area contributed by atoms with Crippen LogP contribution in [0.2, 0.25) is 5.02 Å². The zero-order chi connectivity index (χ0) is 18.5. The lowest BCUT2D eigenvalue weighted by molar-refractivity contribution is -0.133. The van der Waals surface area contributed by atoms with Crippen LogP contribution >= 0.6 is 11.6 Å². The minimum atomic E-state index is -0.324. The maximum absolute atomic E-state index is 12.3. The molecular weight excluding hydrogens is 354 g/mol. The quantitative estimate of drug-likeness (QED) is 0.767. The van der Waals surface area contributed by atoms with E-state index in [1.165, 1.54) is 0 Å². The van der Waals surface area contributed by atoms with Crippen LogP contribution in [0.15, 0.2) is 34.9 Å². The highest BCUT2D eigenvalue weighted by Gasteiger charge is 2.33. The van der Waals surface area contributed by atoms with E-state index in [9.17, 15) is 9.59 Å². The van der Waals surface area contributed by atoms with E-state index < -0.39 is 0 Å². The molecule has 1 aliphatic carbocycles. The molecule has 2 aromatic rings. The number of hydrogen-bond acceptors (Lipinski definition) is 4. The Hall–Kier alpha value is -2.34. The summed E-state index contributed by atoms with van der Waals surface area (Å²) < 4.78 is 5.26. The third kappa shape index (κ3) is 4.85. The molecule has 26 heavy (non-hydrogen) atoms. The SMILES string of the molecule is CCCN(Cc1cc(C(=O)NCc2cccc(Cl)c2)no1)C(=O)C1CC1. The number of halogens is 1. The molecule has 0 unspecified atom stereocenters. The molecule has 1 aromatic carbocycles. The van der Waals surface area contributed by atoms with Gasteiger partial charge in [-0.15, -0.1) is 0 Å². The molecule has 0 aliphatic heterocycles. The molecule has 0 bridgehead atoms. The molecule has 2 amide bonds. The van der Waals surface area contributed by atoms with Crippen molar-refractivity contribution >= 4 is 23.4 Å². The molecule has 0 atom stereocenters. The van der Waals surface area contributed by atoms with Crippen LogP contribution in [-0.4, -0.2) is 28.4 Å². The third-order valence-corrected chi connectivity index (χ3v) is 4.45. The van der Waals surface area contributed by atoms with Crippen molar-refractivity contribution in [3.05, 3.63) is 52.4 Å². The second kappa shape index (κ2) is 8.36. The lowest BCUT2D eigenvalue weighted by Crippen LogP contribution is -2.32. The second-order valence-corrected chi connectivity index (χ2v) is 6.96. The Morgan fingerprint density at radius 1 is 1.35 bits per heavy atom. The van der Waals surface area contributed by atoms with Gasteiger partial charge >= 0.3 is 0 Å². The predicted molar refractivity (Wildman–Crippen MR) is 97.6 cm³/mol. The van der Waals surface area contributed by atoms with E-state index in [-0.39, 0.29) is 23.4 Å². The largest absolute Gasteiger partial charge is 0.359 e. The highest BCUT2D eigenvalue weighted by atomic mass is 35.5. The van der Waals surface area contributed by atoms with Crippen LogP contribution in [0.4, 0.5) is 0 Å². The third-order valence-electron chi connectivity index (χ3n) is 4.21. The van der Waals surface area contributed by atoms with Crippen LogP contribution in [0, 0.1) is 5.92 Å². The van der Waals surface area contributed by atoms with Gasteiger partial charge in [-0.1, -0.05) is 35.8 Å². The number of nitrogens with one attached hydrogen (secondary N) is 1. The summed E-state index contributed by atoms with van der Waals surface area (Å²) in [7, 11) is 0. The number of benzene rings is 1. The van der Waals surface area contributed by atoms with Crippen molar-refractivity contribution < 1.29 is 14.1 Å². The van der Waals surface area contributed by atoms with Gasteiger partial charge in [0.25, 0.3) is 5.91 Å². The normalized spacial score (nSPS) is 13.5. The molecule has 0 spiro atoms. The predicted octanol–water partition coefficient (Wildman–Crippen LogP) is 3.41. The number of rotatable bonds is 8. The molecule has 1 N–H and O–H groups in total. The minimum absolute atomic E-state index is 0.157. The van der Waals surface area contributed by atoms with Crippen LogP contribution in [0.5, 0.6) is 0 Å². The maximum atomic E-state index is 12.3. The van der Waals surface area contributed by atoms with Gasteiger partial charge < -0.3 is 14.7 Å². The lowest BCUT2D eigenvalue weighted by Gasteiger charge is -2.20. The van der Waals surface area contributed by atoms with Gasteiger partial charge in [-0.05, 0) is 37.0 Å².